The van der Waals surface area contributed by atoms with Crippen molar-refractivity contribution in [2.45, 2.75) is 32.4 Å². The molecule has 1 fully saturated rings. The third-order valence-electron chi connectivity index (χ3n) is 4.41. The lowest BCUT2D eigenvalue weighted by Gasteiger charge is -2.05. The van der Waals surface area contributed by atoms with E-state index in [0.29, 0.717) is 12.1 Å². The van der Waals surface area contributed by atoms with Crippen molar-refractivity contribution in [3.8, 4) is 0 Å². The zero-order valence-corrected chi connectivity index (χ0v) is 14.5. The fourth-order valence-corrected chi connectivity index (χ4v) is 2.93. The first-order valence-electron chi connectivity index (χ1n) is 8.73. The molecule has 0 radical (unpaired) electrons. The molecule has 2 heterocycles. The molecule has 2 amide bonds. The number of imidazole rings is 1. The second-order valence-corrected chi connectivity index (χ2v) is 6.66. The van der Waals surface area contributed by atoms with E-state index >= 15 is 0 Å². The average molecular weight is 348 g/mol. The molecule has 1 saturated carbocycles. The number of nitrogens with zero attached hydrogens (tertiary/aromatic N) is 2. The number of carbonyl (C=O) groups is 2. The van der Waals surface area contributed by atoms with E-state index in [9.17, 15) is 9.59 Å². The second-order valence-electron chi connectivity index (χ2n) is 6.66. The van der Waals surface area contributed by atoms with Gasteiger partial charge in [-0.05, 0) is 37.5 Å². The van der Waals surface area contributed by atoms with Gasteiger partial charge in [0, 0.05) is 18.8 Å². The zero-order valence-electron chi connectivity index (χ0n) is 14.5. The van der Waals surface area contributed by atoms with Crippen molar-refractivity contribution < 1.29 is 9.59 Å². The highest BCUT2D eigenvalue weighted by Crippen LogP contribution is 2.20. The summed E-state index contributed by atoms with van der Waals surface area (Å²) in [6, 6.07) is 13.6. The van der Waals surface area contributed by atoms with Crippen LogP contribution in [0.15, 0.2) is 48.7 Å². The van der Waals surface area contributed by atoms with E-state index in [1.165, 1.54) is 0 Å². The Balaban J connectivity index is 1.58. The Morgan fingerprint density at radius 3 is 2.77 bits per heavy atom. The molecule has 6 heteroatoms. The molecule has 26 heavy (non-hydrogen) atoms. The van der Waals surface area contributed by atoms with Crippen LogP contribution in [-0.2, 0) is 6.54 Å². The van der Waals surface area contributed by atoms with E-state index in [0.717, 1.165) is 24.0 Å². The minimum absolute atomic E-state index is 0.233. The Morgan fingerprint density at radius 1 is 1.15 bits per heavy atom. The number of aryl methyl sites for hydroxylation is 1. The maximum Gasteiger partial charge on any atom is 0.287 e. The predicted molar refractivity (Wildman–Crippen MR) is 98.0 cm³/mol. The second kappa shape index (κ2) is 6.63. The normalized spacial score (nSPS) is 13.6. The van der Waals surface area contributed by atoms with Gasteiger partial charge in [0.25, 0.3) is 11.8 Å². The number of benzene rings is 1. The molecule has 6 nitrogen and oxygen atoms in total. The molecule has 0 saturated heterocycles. The van der Waals surface area contributed by atoms with E-state index < -0.39 is 0 Å². The molecular formula is C20H20N4O2. The monoisotopic (exact) mass is 348 g/mol. The lowest BCUT2D eigenvalue weighted by Crippen LogP contribution is -2.27. The summed E-state index contributed by atoms with van der Waals surface area (Å²) in [5.41, 5.74) is 3.05. The highest BCUT2D eigenvalue weighted by Gasteiger charge is 2.27. The van der Waals surface area contributed by atoms with Crippen molar-refractivity contribution >= 4 is 17.3 Å². The smallest absolute Gasteiger partial charge is 0.287 e. The number of aromatic nitrogens is 2. The van der Waals surface area contributed by atoms with Crippen LogP contribution in [0.4, 0.5) is 0 Å². The number of pyridine rings is 1. The number of carbonyl (C=O) groups excluding carboxylic acids is 2. The van der Waals surface area contributed by atoms with Crippen LogP contribution in [-0.4, -0.2) is 27.2 Å². The summed E-state index contributed by atoms with van der Waals surface area (Å²) in [6.07, 6.45) is 3.75. The molecule has 0 spiro atoms. The van der Waals surface area contributed by atoms with Crippen LogP contribution in [0, 0.1) is 6.92 Å². The highest BCUT2D eigenvalue weighted by molar-refractivity contribution is 6.02. The molecule has 1 aliphatic carbocycles. The molecule has 1 aliphatic rings. The van der Waals surface area contributed by atoms with Gasteiger partial charge in [0.05, 0.1) is 5.52 Å². The number of rotatable bonds is 5. The topological polar surface area (TPSA) is 75.5 Å². The van der Waals surface area contributed by atoms with E-state index in [1.54, 1.807) is 16.7 Å². The van der Waals surface area contributed by atoms with Gasteiger partial charge < -0.3 is 10.6 Å². The van der Waals surface area contributed by atoms with Gasteiger partial charge in [-0.2, -0.15) is 0 Å². The van der Waals surface area contributed by atoms with Gasteiger partial charge >= 0.3 is 0 Å². The van der Waals surface area contributed by atoms with Crippen molar-refractivity contribution in [2.24, 2.45) is 0 Å². The molecule has 0 atom stereocenters. The quantitative estimate of drug-likeness (QED) is 0.744. The minimum Gasteiger partial charge on any atom is -0.347 e. The summed E-state index contributed by atoms with van der Waals surface area (Å²) in [7, 11) is 0. The first kappa shape index (κ1) is 16.3. The van der Waals surface area contributed by atoms with Crippen LogP contribution < -0.4 is 10.6 Å². The number of nitrogens with one attached hydrogen (secondary N) is 2. The zero-order chi connectivity index (χ0) is 18.1. The van der Waals surface area contributed by atoms with Crippen molar-refractivity contribution in [1.29, 1.82) is 0 Å². The van der Waals surface area contributed by atoms with Gasteiger partial charge in [-0.1, -0.05) is 35.9 Å². The van der Waals surface area contributed by atoms with Crippen LogP contribution in [0.3, 0.4) is 0 Å². The number of hydrogen-bond acceptors (Lipinski definition) is 3. The fourth-order valence-electron chi connectivity index (χ4n) is 2.93. The van der Waals surface area contributed by atoms with E-state index in [2.05, 4.69) is 15.6 Å². The average Bonchev–Trinajstić information content (AvgIpc) is 3.36. The molecule has 4 rings (SSSR count). The fraction of sp³-hybridized carbons (Fsp3) is 0.250. The molecule has 2 aromatic heterocycles. The Morgan fingerprint density at radius 2 is 2.00 bits per heavy atom. The molecule has 0 unspecified atom stereocenters. The van der Waals surface area contributed by atoms with E-state index in [4.69, 9.17) is 0 Å². The maximum absolute atomic E-state index is 12.7. The largest absolute Gasteiger partial charge is 0.347 e. The molecule has 132 valence electrons. The van der Waals surface area contributed by atoms with Crippen molar-refractivity contribution in [3.63, 3.8) is 0 Å². The van der Waals surface area contributed by atoms with Gasteiger partial charge in [0.2, 0.25) is 5.82 Å². The van der Waals surface area contributed by atoms with Gasteiger partial charge in [-0.3, -0.25) is 14.0 Å². The molecule has 3 aromatic rings. The Hall–Kier alpha value is -3.15. The van der Waals surface area contributed by atoms with Crippen molar-refractivity contribution in [1.82, 2.24) is 20.0 Å². The van der Waals surface area contributed by atoms with Gasteiger partial charge in [-0.15, -0.1) is 0 Å². The summed E-state index contributed by atoms with van der Waals surface area (Å²) in [5.74, 6) is -0.291. The molecule has 0 bridgehead atoms. The van der Waals surface area contributed by atoms with E-state index in [1.807, 2.05) is 43.3 Å². The van der Waals surface area contributed by atoms with Gasteiger partial charge in [0.1, 0.15) is 0 Å². The summed E-state index contributed by atoms with van der Waals surface area (Å²) in [4.78, 5) is 29.4. The van der Waals surface area contributed by atoms with Crippen LogP contribution in [0.5, 0.6) is 0 Å². The lowest BCUT2D eigenvalue weighted by molar-refractivity contribution is 0.0940. The van der Waals surface area contributed by atoms with Crippen LogP contribution in [0.25, 0.3) is 5.52 Å². The molecular weight excluding hydrogens is 328 g/mol. The third-order valence-corrected chi connectivity index (χ3v) is 4.41. The van der Waals surface area contributed by atoms with Crippen LogP contribution >= 0.6 is 0 Å². The summed E-state index contributed by atoms with van der Waals surface area (Å²) < 4.78 is 1.67. The Kier molecular flexibility index (Phi) is 4.16. The Bertz CT molecular complexity index is 988. The number of hydrogen-bond donors (Lipinski definition) is 2. The van der Waals surface area contributed by atoms with Gasteiger partial charge in [0.15, 0.2) is 5.69 Å². The standard InChI is InChI=1S/C20H20N4O2/c1-13-5-4-6-14(11-13)12-21-19(25)17-16-7-2-3-10-24(16)18(23-17)20(26)22-15-8-9-15/h2-7,10-11,15H,8-9,12H2,1H3,(H,21,25)(H,22,26). The summed E-state index contributed by atoms with van der Waals surface area (Å²) in [5, 5.41) is 5.82. The summed E-state index contributed by atoms with van der Waals surface area (Å²) >= 11 is 0. The number of fused-ring (bicyclic) bond motifs is 1. The first-order valence-corrected chi connectivity index (χ1v) is 8.73. The van der Waals surface area contributed by atoms with Gasteiger partial charge in [-0.25, -0.2) is 4.98 Å². The maximum atomic E-state index is 12.7. The molecule has 2 N–H and O–H groups in total. The lowest BCUT2D eigenvalue weighted by atomic mass is 10.1. The minimum atomic E-state index is -0.291. The first-order chi connectivity index (χ1) is 12.6. The summed E-state index contributed by atoms with van der Waals surface area (Å²) in [6.45, 7) is 2.43. The molecule has 1 aromatic carbocycles. The highest BCUT2D eigenvalue weighted by atomic mass is 16.2. The van der Waals surface area contributed by atoms with Crippen LogP contribution in [0.1, 0.15) is 45.1 Å². The predicted octanol–water partition coefficient (Wildman–Crippen LogP) is 2.46. The SMILES string of the molecule is Cc1cccc(CNC(=O)c2nc(C(=O)NC3CC3)n3ccccc23)c1. The van der Waals surface area contributed by atoms with Crippen molar-refractivity contribution in [3.05, 3.63) is 71.3 Å². The molecule has 0 aliphatic heterocycles. The van der Waals surface area contributed by atoms with E-state index in [-0.39, 0.29) is 29.4 Å². The Labute approximate surface area is 151 Å². The number of amides is 2. The third kappa shape index (κ3) is 3.31. The van der Waals surface area contributed by atoms with Crippen molar-refractivity contribution in [2.75, 3.05) is 0 Å². The van der Waals surface area contributed by atoms with Crippen LogP contribution in [0.2, 0.25) is 0 Å².